The molecule has 3 aromatic carbocycles. The zero-order valence-corrected chi connectivity index (χ0v) is 14.1. The average molecular weight is 339 g/mol. The van der Waals surface area contributed by atoms with Crippen molar-refractivity contribution < 1.29 is 9.90 Å². The van der Waals surface area contributed by atoms with Gasteiger partial charge in [-0.2, -0.15) is 0 Å². The average Bonchev–Trinajstić information content (AvgIpc) is 3.14. The molecule has 0 aromatic heterocycles. The molecule has 0 radical (unpaired) electrons. The first-order valence-electron chi connectivity index (χ1n) is 8.46. The van der Waals surface area contributed by atoms with Crippen LogP contribution in [0.25, 0.3) is 11.3 Å². The van der Waals surface area contributed by atoms with Gasteiger partial charge in [0.05, 0.1) is 11.4 Å². The number of allylic oxidation sites excluding steroid dienone is 1. The van der Waals surface area contributed by atoms with E-state index < -0.39 is 0 Å². The summed E-state index contributed by atoms with van der Waals surface area (Å²) in [5, 5.41) is 9.54. The Morgan fingerprint density at radius 2 is 1.50 bits per heavy atom. The number of phenolic OH excluding ortho intramolecular Hbond substituents is 1. The highest BCUT2D eigenvalue weighted by atomic mass is 16.3. The number of hydrogen-bond donors (Lipinski definition) is 1. The Hall–Kier alpha value is -3.46. The van der Waals surface area contributed by atoms with Gasteiger partial charge in [-0.25, -0.2) is 0 Å². The van der Waals surface area contributed by atoms with E-state index in [2.05, 4.69) is 12.1 Å². The fourth-order valence-electron chi connectivity index (χ4n) is 3.23. The molecule has 0 spiro atoms. The van der Waals surface area contributed by atoms with Crippen molar-refractivity contribution in [3.63, 3.8) is 0 Å². The largest absolute Gasteiger partial charge is 0.508 e. The quantitative estimate of drug-likeness (QED) is 0.683. The molecule has 1 heterocycles. The van der Waals surface area contributed by atoms with Crippen LogP contribution in [0.1, 0.15) is 33.5 Å². The lowest BCUT2D eigenvalue weighted by atomic mass is 9.95. The van der Waals surface area contributed by atoms with E-state index in [1.165, 1.54) is 0 Å². The summed E-state index contributed by atoms with van der Waals surface area (Å²) in [6.07, 6.45) is 1.55. The Morgan fingerprint density at radius 3 is 2.23 bits per heavy atom. The third kappa shape index (κ3) is 2.95. The molecule has 0 fully saturated rings. The summed E-state index contributed by atoms with van der Waals surface area (Å²) in [5.74, 6) is 0.232. The molecule has 3 aromatic rings. The van der Waals surface area contributed by atoms with Crippen LogP contribution in [0.5, 0.6) is 5.75 Å². The van der Waals surface area contributed by atoms with E-state index >= 15 is 0 Å². The van der Waals surface area contributed by atoms with Gasteiger partial charge < -0.3 is 5.11 Å². The number of rotatable bonds is 4. The molecule has 126 valence electrons. The van der Waals surface area contributed by atoms with Gasteiger partial charge in [-0.15, -0.1) is 0 Å². The van der Waals surface area contributed by atoms with Crippen LogP contribution in [0.3, 0.4) is 0 Å². The lowest BCUT2D eigenvalue weighted by Gasteiger charge is -2.08. The molecule has 0 saturated heterocycles. The van der Waals surface area contributed by atoms with E-state index in [1.54, 1.807) is 12.1 Å². The maximum atomic E-state index is 11.5. The minimum Gasteiger partial charge on any atom is -0.508 e. The van der Waals surface area contributed by atoms with Crippen molar-refractivity contribution >= 4 is 23.3 Å². The molecule has 26 heavy (non-hydrogen) atoms. The predicted molar refractivity (Wildman–Crippen MR) is 104 cm³/mol. The van der Waals surface area contributed by atoms with Gasteiger partial charge in [0.1, 0.15) is 5.75 Å². The maximum absolute atomic E-state index is 11.5. The number of hydrogen-bond acceptors (Lipinski definition) is 3. The molecule has 4 rings (SSSR count). The molecule has 0 amide bonds. The van der Waals surface area contributed by atoms with Crippen LogP contribution in [0, 0.1) is 0 Å². The van der Waals surface area contributed by atoms with Gasteiger partial charge in [0.15, 0.2) is 6.29 Å². The van der Waals surface area contributed by atoms with Crippen molar-refractivity contribution in [2.45, 2.75) is 6.42 Å². The Kier molecular flexibility index (Phi) is 4.20. The minimum absolute atomic E-state index is 0.232. The van der Waals surface area contributed by atoms with Crippen LogP contribution in [0.2, 0.25) is 0 Å². The predicted octanol–water partition coefficient (Wildman–Crippen LogP) is 4.97. The Morgan fingerprint density at radius 1 is 0.808 bits per heavy atom. The van der Waals surface area contributed by atoms with Crippen molar-refractivity contribution in [1.29, 1.82) is 0 Å². The molecule has 1 aliphatic rings. The number of carbonyl (C=O) groups is 1. The highest BCUT2D eigenvalue weighted by Crippen LogP contribution is 2.38. The second-order valence-corrected chi connectivity index (χ2v) is 6.18. The standard InChI is InChI=1S/C23H17NO2/c25-15-18-8-4-5-9-20(18)23-21(16-6-2-1-3-7-16)14-22(24-23)17-10-12-19(26)13-11-17/h1-13,15,26H,14H2. The number of aldehydes is 1. The van der Waals surface area contributed by atoms with Gasteiger partial charge in [-0.1, -0.05) is 54.6 Å². The highest BCUT2D eigenvalue weighted by Gasteiger charge is 2.23. The normalized spacial score (nSPS) is 13.6. The van der Waals surface area contributed by atoms with Crippen LogP contribution in [0.15, 0.2) is 83.9 Å². The lowest BCUT2D eigenvalue weighted by Crippen LogP contribution is -1.97. The fourth-order valence-corrected chi connectivity index (χ4v) is 3.23. The molecule has 3 nitrogen and oxygen atoms in total. The van der Waals surface area contributed by atoms with E-state index in [0.717, 1.165) is 40.0 Å². The number of carbonyl (C=O) groups excluding carboxylic acids is 1. The van der Waals surface area contributed by atoms with Crippen molar-refractivity contribution in [2.24, 2.45) is 4.99 Å². The number of benzene rings is 3. The molecular formula is C23H17NO2. The third-order valence-corrected chi connectivity index (χ3v) is 4.54. The summed E-state index contributed by atoms with van der Waals surface area (Å²) in [4.78, 5) is 16.4. The van der Waals surface area contributed by atoms with E-state index in [1.807, 2.05) is 54.6 Å². The number of nitrogens with zero attached hydrogens (tertiary/aromatic N) is 1. The van der Waals surface area contributed by atoms with Gasteiger partial charge in [-0.05, 0) is 41.0 Å². The molecule has 0 bridgehead atoms. The van der Waals surface area contributed by atoms with Gasteiger partial charge in [0.25, 0.3) is 0 Å². The van der Waals surface area contributed by atoms with E-state index in [4.69, 9.17) is 4.99 Å². The summed E-state index contributed by atoms with van der Waals surface area (Å²) < 4.78 is 0. The maximum Gasteiger partial charge on any atom is 0.150 e. The number of phenols is 1. The molecule has 1 N–H and O–H groups in total. The fraction of sp³-hybridized carbons (Fsp3) is 0.0435. The van der Waals surface area contributed by atoms with Gasteiger partial charge in [0, 0.05) is 17.5 Å². The van der Waals surface area contributed by atoms with Crippen LogP contribution in [-0.2, 0) is 0 Å². The second-order valence-electron chi connectivity index (χ2n) is 6.18. The zero-order valence-electron chi connectivity index (χ0n) is 14.1. The van der Waals surface area contributed by atoms with E-state index in [9.17, 15) is 9.90 Å². The van der Waals surface area contributed by atoms with Crippen molar-refractivity contribution in [2.75, 3.05) is 0 Å². The Labute approximate surface area is 152 Å². The number of aromatic hydroxyl groups is 1. The first-order valence-corrected chi connectivity index (χ1v) is 8.46. The van der Waals surface area contributed by atoms with Crippen LogP contribution < -0.4 is 0 Å². The molecular weight excluding hydrogens is 322 g/mol. The Balaban J connectivity index is 1.86. The first-order chi connectivity index (χ1) is 12.8. The van der Waals surface area contributed by atoms with Crippen molar-refractivity contribution in [3.05, 3.63) is 101 Å². The minimum atomic E-state index is 0.232. The topological polar surface area (TPSA) is 49.7 Å². The summed E-state index contributed by atoms with van der Waals surface area (Å²) in [6.45, 7) is 0. The second kappa shape index (κ2) is 6.81. The zero-order chi connectivity index (χ0) is 17.9. The summed E-state index contributed by atoms with van der Waals surface area (Å²) >= 11 is 0. The summed E-state index contributed by atoms with van der Waals surface area (Å²) in [6, 6.07) is 24.7. The highest BCUT2D eigenvalue weighted by molar-refractivity contribution is 6.17. The van der Waals surface area contributed by atoms with Crippen LogP contribution in [0.4, 0.5) is 0 Å². The molecule has 0 unspecified atom stereocenters. The molecule has 0 saturated carbocycles. The smallest absolute Gasteiger partial charge is 0.150 e. The summed E-state index contributed by atoms with van der Waals surface area (Å²) in [7, 11) is 0. The van der Waals surface area contributed by atoms with Gasteiger partial charge in [-0.3, -0.25) is 9.79 Å². The van der Waals surface area contributed by atoms with Crippen molar-refractivity contribution in [1.82, 2.24) is 0 Å². The van der Waals surface area contributed by atoms with E-state index in [-0.39, 0.29) is 5.75 Å². The lowest BCUT2D eigenvalue weighted by molar-refractivity contribution is 0.112. The molecule has 3 heteroatoms. The van der Waals surface area contributed by atoms with Gasteiger partial charge >= 0.3 is 0 Å². The van der Waals surface area contributed by atoms with Crippen LogP contribution >= 0.6 is 0 Å². The molecule has 0 atom stereocenters. The SMILES string of the molecule is O=Cc1ccccc1C1=C(c2ccccc2)CC(c2ccc(O)cc2)=N1. The summed E-state index contributed by atoms with van der Waals surface area (Å²) in [5.41, 5.74) is 6.40. The van der Waals surface area contributed by atoms with Crippen LogP contribution in [-0.4, -0.2) is 17.1 Å². The van der Waals surface area contributed by atoms with Gasteiger partial charge in [0.2, 0.25) is 0 Å². The first kappa shape index (κ1) is 16.0. The monoisotopic (exact) mass is 339 g/mol. The third-order valence-electron chi connectivity index (χ3n) is 4.54. The number of aliphatic imine (C=N–C) groups is 1. The molecule has 0 aliphatic carbocycles. The van der Waals surface area contributed by atoms with E-state index in [0.29, 0.717) is 12.0 Å². The Bertz CT molecular complexity index is 1020. The van der Waals surface area contributed by atoms with Crippen molar-refractivity contribution in [3.8, 4) is 5.75 Å². The molecule has 1 aliphatic heterocycles.